The van der Waals surface area contributed by atoms with Gasteiger partial charge < -0.3 is 15.3 Å². The quantitative estimate of drug-likeness (QED) is 0.799. The van der Waals surface area contributed by atoms with E-state index in [1.54, 1.807) is 18.0 Å². The molecule has 2 amide bonds. The average Bonchev–Trinajstić information content (AvgIpc) is 2.57. The number of nitrogens with zero attached hydrogens (tertiary/aromatic N) is 1. The van der Waals surface area contributed by atoms with Gasteiger partial charge >= 0.3 is 12.0 Å². The molecule has 0 saturated heterocycles. The van der Waals surface area contributed by atoms with Crippen LogP contribution in [-0.2, 0) is 17.8 Å². The van der Waals surface area contributed by atoms with Crippen molar-refractivity contribution in [3.63, 3.8) is 0 Å². The van der Waals surface area contributed by atoms with Crippen LogP contribution in [0, 0.1) is 6.92 Å². The number of aliphatic carboxylic acids is 1. The first-order valence-corrected chi connectivity index (χ1v) is 8.79. The molecular weight excluding hydrogens is 352 g/mol. The third-order valence-corrected chi connectivity index (χ3v) is 4.35. The Kier molecular flexibility index (Phi) is 6.64. The highest BCUT2D eigenvalue weighted by atomic mass is 35.5. The van der Waals surface area contributed by atoms with Crippen molar-refractivity contribution in [2.75, 3.05) is 13.6 Å². The second kappa shape index (κ2) is 8.72. The van der Waals surface area contributed by atoms with E-state index in [-0.39, 0.29) is 12.5 Å². The molecule has 6 heteroatoms. The molecule has 26 heavy (non-hydrogen) atoms. The number of urea groups is 1. The Hall–Kier alpha value is -2.53. The van der Waals surface area contributed by atoms with E-state index in [1.807, 2.05) is 44.2 Å². The first-order chi connectivity index (χ1) is 12.3. The van der Waals surface area contributed by atoms with Crippen molar-refractivity contribution in [1.82, 2.24) is 10.2 Å². The number of halogens is 1. The standard InChI is InChI=1S/C20H23ClN2O3/c1-4-23(20(26)22-3)12-16-7-13(2)5-6-18(16)15-8-14(10-19(24)25)9-17(21)11-15/h5-9,11H,4,10,12H2,1-3H3,(H,22,26)(H,24,25). The molecule has 2 aromatic carbocycles. The van der Waals surface area contributed by atoms with Crippen LogP contribution in [0.1, 0.15) is 23.6 Å². The second-order valence-electron chi connectivity index (χ2n) is 6.15. The fraction of sp³-hybridized carbons (Fsp3) is 0.300. The van der Waals surface area contributed by atoms with Gasteiger partial charge in [0.1, 0.15) is 0 Å². The summed E-state index contributed by atoms with van der Waals surface area (Å²) in [6.07, 6.45) is -0.0892. The minimum atomic E-state index is -0.904. The monoisotopic (exact) mass is 374 g/mol. The zero-order valence-corrected chi connectivity index (χ0v) is 15.9. The van der Waals surface area contributed by atoms with Gasteiger partial charge in [0, 0.05) is 25.2 Å². The van der Waals surface area contributed by atoms with Gasteiger partial charge in [-0.25, -0.2) is 4.79 Å². The molecule has 0 bridgehead atoms. The summed E-state index contributed by atoms with van der Waals surface area (Å²) in [5.74, 6) is -0.904. The minimum Gasteiger partial charge on any atom is -0.481 e. The summed E-state index contributed by atoms with van der Waals surface area (Å²) in [6, 6.07) is 11.2. The largest absolute Gasteiger partial charge is 0.481 e. The SMILES string of the molecule is CCN(Cc1cc(C)ccc1-c1cc(Cl)cc(CC(=O)O)c1)C(=O)NC. The highest BCUT2D eigenvalue weighted by molar-refractivity contribution is 6.31. The first-order valence-electron chi connectivity index (χ1n) is 8.41. The van der Waals surface area contributed by atoms with Crippen molar-refractivity contribution >= 4 is 23.6 Å². The summed E-state index contributed by atoms with van der Waals surface area (Å²) >= 11 is 6.21. The molecule has 0 radical (unpaired) electrons. The number of carboxylic acid groups (broad SMARTS) is 1. The maximum Gasteiger partial charge on any atom is 0.317 e. The molecule has 0 aliphatic carbocycles. The highest BCUT2D eigenvalue weighted by Crippen LogP contribution is 2.29. The van der Waals surface area contributed by atoms with Crippen molar-refractivity contribution in [3.05, 3.63) is 58.1 Å². The molecule has 0 unspecified atom stereocenters. The summed E-state index contributed by atoms with van der Waals surface area (Å²) in [5, 5.41) is 12.2. The molecule has 0 aliphatic rings. The van der Waals surface area contributed by atoms with Gasteiger partial charge in [-0.3, -0.25) is 4.79 Å². The van der Waals surface area contributed by atoms with Gasteiger partial charge in [-0.05, 0) is 48.2 Å². The Morgan fingerprint density at radius 2 is 1.92 bits per heavy atom. The zero-order valence-electron chi connectivity index (χ0n) is 15.2. The molecule has 0 atom stereocenters. The number of aryl methyl sites for hydroxylation is 1. The predicted molar refractivity (Wildman–Crippen MR) is 104 cm³/mol. The van der Waals surface area contributed by atoms with Crippen molar-refractivity contribution in [2.24, 2.45) is 0 Å². The average molecular weight is 375 g/mol. The summed E-state index contributed by atoms with van der Waals surface area (Å²) in [5.41, 5.74) is 4.50. The van der Waals surface area contributed by atoms with Crippen LogP contribution in [0.25, 0.3) is 11.1 Å². The van der Waals surface area contributed by atoms with Crippen LogP contribution in [0.2, 0.25) is 5.02 Å². The van der Waals surface area contributed by atoms with Gasteiger partial charge in [0.05, 0.1) is 6.42 Å². The van der Waals surface area contributed by atoms with Crippen LogP contribution >= 0.6 is 11.6 Å². The number of rotatable bonds is 6. The van der Waals surface area contributed by atoms with Crippen molar-refractivity contribution in [3.8, 4) is 11.1 Å². The molecule has 0 aromatic heterocycles. The summed E-state index contributed by atoms with van der Waals surface area (Å²) in [7, 11) is 1.61. The van der Waals surface area contributed by atoms with E-state index < -0.39 is 5.97 Å². The van der Waals surface area contributed by atoms with E-state index in [1.165, 1.54) is 0 Å². The van der Waals surface area contributed by atoms with Gasteiger partial charge in [0.25, 0.3) is 0 Å². The summed E-state index contributed by atoms with van der Waals surface area (Å²) in [4.78, 5) is 24.8. The Bertz CT molecular complexity index is 821. The van der Waals surface area contributed by atoms with E-state index in [4.69, 9.17) is 16.7 Å². The lowest BCUT2D eigenvalue weighted by Gasteiger charge is -2.22. The van der Waals surface area contributed by atoms with Crippen LogP contribution in [0.5, 0.6) is 0 Å². The number of nitrogens with one attached hydrogen (secondary N) is 1. The smallest absolute Gasteiger partial charge is 0.317 e. The number of carbonyl (C=O) groups is 2. The molecule has 0 spiro atoms. The topological polar surface area (TPSA) is 69.6 Å². The number of carbonyl (C=O) groups excluding carboxylic acids is 1. The molecule has 0 heterocycles. The zero-order chi connectivity index (χ0) is 19.3. The predicted octanol–water partition coefficient (Wildman–Crippen LogP) is 4.10. The number of carboxylic acids is 1. The maximum absolute atomic E-state index is 12.0. The van der Waals surface area contributed by atoms with E-state index >= 15 is 0 Å². The van der Waals surface area contributed by atoms with E-state index in [0.29, 0.717) is 23.7 Å². The van der Waals surface area contributed by atoms with Crippen LogP contribution in [0.4, 0.5) is 4.79 Å². The van der Waals surface area contributed by atoms with Crippen molar-refractivity contribution in [1.29, 1.82) is 0 Å². The van der Waals surface area contributed by atoms with Crippen molar-refractivity contribution < 1.29 is 14.7 Å². The lowest BCUT2D eigenvalue weighted by molar-refractivity contribution is -0.136. The Morgan fingerprint density at radius 3 is 2.54 bits per heavy atom. The minimum absolute atomic E-state index is 0.0892. The first kappa shape index (κ1) is 19.8. The van der Waals surface area contributed by atoms with Crippen LogP contribution in [-0.4, -0.2) is 35.6 Å². The van der Waals surface area contributed by atoms with Gasteiger partial charge in [-0.1, -0.05) is 41.4 Å². The van der Waals surface area contributed by atoms with E-state index in [9.17, 15) is 9.59 Å². The molecule has 138 valence electrons. The fourth-order valence-corrected chi connectivity index (χ4v) is 3.17. The number of hydrogen-bond donors (Lipinski definition) is 2. The molecule has 0 saturated carbocycles. The second-order valence-corrected chi connectivity index (χ2v) is 6.59. The Balaban J connectivity index is 2.48. The lowest BCUT2D eigenvalue weighted by atomic mass is 9.95. The normalized spacial score (nSPS) is 10.5. The third kappa shape index (κ3) is 4.99. The molecule has 0 fully saturated rings. The highest BCUT2D eigenvalue weighted by Gasteiger charge is 2.15. The van der Waals surface area contributed by atoms with Gasteiger partial charge in [0.2, 0.25) is 0 Å². The Labute approximate surface area is 158 Å². The fourth-order valence-electron chi connectivity index (χ4n) is 2.91. The number of hydrogen-bond acceptors (Lipinski definition) is 2. The molecule has 5 nitrogen and oxygen atoms in total. The van der Waals surface area contributed by atoms with Gasteiger partial charge in [0.15, 0.2) is 0 Å². The third-order valence-electron chi connectivity index (χ3n) is 4.13. The van der Waals surface area contributed by atoms with Crippen LogP contribution < -0.4 is 5.32 Å². The molecule has 2 rings (SSSR count). The number of amides is 2. The number of benzene rings is 2. The summed E-state index contributed by atoms with van der Waals surface area (Å²) < 4.78 is 0. The van der Waals surface area contributed by atoms with Gasteiger partial charge in [-0.2, -0.15) is 0 Å². The molecular formula is C20H23ClN2O3. The Morgan fingerprint density at radius 1 is 1.19 bits per heavy atom. The summed E-state index contributed by atoms with van der Waals surface area (Å²) in [6.45, 7) is 4.95. The maximum atomic E-state index is 12.0. The van der Waals surface area contributed by atoms with Gasteiger partial charge in [-0.15, -0.1) is 0 Å². The molecule has 0 aliphatic heterocycles. The van der Waals surface area contributed by atoms with Crippen LogP contribution in [0.3, 0.4) is 0 Å². The molecule has 2 aromatic rings. The van der Waals surface area contributed by atoms with E-state index in [0.717, 1.165) is 22.3 Å². The van der Waals surface area contributed by atoms with Crippen molar-refractivity contribution in [2.45, 2.75) is 26.8 Å². The lowest BCUT2D eigenvalue weighted by Crippen LogP contribution is -2.37. The van der Waals surface area contributed by atoms with Crippen LogP contribution in [0.15, 0.2) is 36.4 Å². The molecule has 2 N–H and O–H groups in total. The van der Waals surface area contributed by atoms with E-state index in [2.05, 4.69) is 5.32 Å².